The minimum Gasteiger partial charge on any atom is -0.479 e. The maximum Gasteiger partial charge on any atom is 0.332 e. The smallest absolute Gasteiger partial charge is 0.332 e. The zero-order valence-electron chi connectivity index (χ0n) is 10.4. The van der Waals surface area contributed by atoms with Gasteiger partial charge in [0.05, 0.1) is 17.6 Å². The molecular formula is C11H19NO5S. The van der Waals surface area contributed by atoms with Crippen molar-refractivity contribution in [2.45, 2.75) is 38.0 Å². The maximum atomic E-state index is 11.4. The molecule has 2 rings (SSSR count). The van der Waals surface area contributed by atoms with E-state index in [4.69, 9.17) is 9.84 Å². The molecule has 2 fully saturated rings. The van der Waals surface area contributed by atoms with Gasteiger partial charge in [-0.1, -0.05) is 0 Å². The summed E-state index contributed by atoms with van der Waals surface area (Å²) in [5.74, 6) is -0.541. The molecule has 6 nitrogen and oxygen atoms in total. The molecule has 7 heteroatoms. The molecule has 0 aromatic rings. The van der Waals surface area contributed by atoms with Crippen molar-refractivity contribution in [1.29, 1.82) is 0 Å². The molecule has 0 aromatic heterocycles. The second-order valence-electron chi connectivity index (χ2n) is 5.12. The molecule has 2 heterocycles. The summed E-state index contributed by atoms with van der Waals surface area (Å²) >= 11 is 0. The molecule has 2 saturated heterocycles. The van der Waals surface area contributed by atoms with Gasteiger partial charge in [-0.25, -0.2) is 13.2 Å². The van der Waals surface area contributed by atoms with Crippen LogP contribution in [0.25, 0.3) is 0 Å². The zero-order chi connectivity index (χ0) is 13.3. The minimum atomic E-state index is -2.90. The van der Waals surface area contributed by atoms with Crippen LogP contribution in [0.2, 0.25) is 0 Å². The Balaban J connectivity index is 1.86. The summed E-state index contributed by atoms with van der Waals surface area (Å²) in [6, 6.07) is -0.0174. The fourth-order valence-electron chi connectivity index (χ4n) is 2.59. The first-order chi connectivity index (χ1) is 8.37. The van der Waals surface area contributed by atoms with Gasteiger partial charge in [0.25, 0.3) is 0 Å². The van der Waals surface area contributed by atoms with Gasteiger partial charge in [0.1, 0.15) is 0 Å². The molecule has 3 unspecified atom stereocenters. The lowest BCUT2D eigenvalue weighted by Gasteiger charge is -2.34. The summed E-state index contributed by atoms with van der Waals surface area (Å²) < 4.78 is 28.3. The van der Waals surface area contributed by atoms with Crippen molar-refractivity contribution >= 4 is 15.8 Å². The lowest BCUT2D eigenvalue weighted by molar-refractivity contribution is -0.149. The van der Waals surface area contributed by atoms with Gasteiger partial charge >= 0.3 is 5.97 Å². The second-order valence-corrected chi connectivity index (χ2v) is 7.35. The Hall–Kier alpha value is -0.660. The first-order valence-corrected chi connectivity index (χ1v) is 8.02. The van der Waals surface area contributed by atoms with Crippen LogP contribution in [-0.2, 0) is 19.4 Å². The van der Waals surface area contributed by atoms with Crippen LogP contribution in [0.4, 0.5) is 0 Å². The molecule has 2 aliphatic rings. The predicted molar refractivity (Wildman–Crippen MR) is 65.2 cm³/mol. The molecule has 0 amide bonds. The highest BCUT2D eigenvalue weighted by Crippen LogP contribution is 2.22. The number of nitrogens with zero attached hydrogens (tertiary/aromatic N) is 1. The third-order valence-electron chi connectivity index (χ3n) is 3.63. The average Bonchev–Trinajstić information content (AvgIpc) is 2.70. The number of hydrogen-bond donors (Lipinski definition) is 1. The Morgan fingerprint density at radius 3 is 2.72 bits per heavy atom. The molecule has 0 aromatic carbocycles. The molecule has 0 spiro atoms. The van der Waals surface area contributed by atoms with Gasteiger partial charge in [0, 0.05) is 19.1 Å². The van der Waals surface area contributed by atoms with Crippen molar-refractivity contribution in [2.75, 3.05) is 24.6 Å². The standard InChI is InChI=1S/C11H19NO5S/c1-8-7-18(15,16)5-4-12(8)6-9-2-3-10(17-9)11(13)14/h8-10H,2-7H2,1H3,(H,13,14). The first kappa shape index (κ1) is 13.8. The zero-order valence-corrected chi connectivity index (χ0v) is 11.2. The van der Waals surface area contributed by atoms with E-state index in [2.05, 4.69) is 4.90 Å². The van der Waals surface area contributed by atoms with Gasteiger partial charge in [-0.2, -0.15) is 0 Å². The monoisotopic (exact) mass is 277 g/mol. The third kappa shape index (κ3) is 3.21. The van der Waals surface area contributed by atoms with Crippen molar-refractivity contribution < 1.29 is 23.1 Å². The van der Waals surface area contributed by atoms with Gasteiger partial charge in [-0.15, -0.1) is 0 Å². The van der Waals surface area contributed by atoms with Crippen LogP contribution in [-0.4, -0.2) is 67.2 Å². The van der Waals surface area contributed by atoms with Crippen LogP contribution >= 0.6 is 0 Å². The predicted octanol–water partition coefficient (Wildman–Crippen LogP) is -0.262. The maximum absolute atomic E-state index is 11.4. The van der Waals surface area contributed by atoms with Crippen LogP contribution in [0.15, 0.2) is 0 Å². The highest BCUT2D eigenvalue weighted by Gasteiger charge is 2.34. The van der Waals surface area contributed by atoms with E-state index in [-0.39, 0.29) is 23.7 Å². The highest BCUT2D eigenvalue weighted by molar-refractivity contribution is 7.91. The van der Waals surface area contributed by atoms with E-state index in [9.17, 15) is 13.2 Å². The van der Waals surface area contributed by atoms with Gasteiger partial charge < -0.3 is 9.84 Å². The molecule has 0 bridgehead atoms. The van der Waals surface area contributed by atoms with Crippen LogP contribution in [0.1, 0.15) is 19.8 Å². The molecule has 104 valence electrons. The highest BCUT2D eigenvalue weighted by atomic mass is 32.2. The van der Waals surface area contributed by atoms with E-state index in [1.165, 1.54) is 0 Å². The fraction of sp³-hybridized carbons (Fsp3) is 0.909. The number of carbonyl (C=O) groups is 1. The van der Waals surface area contributed by atoms with E-state index in [0.717, 1.165) is 6.42 Å². The Morgan fingerprint density at radius 2 is 2.17 bits per heavy atom. The summed E-state index contributed by atoms with van der Waals surface area (Å²) in [6.07, 6.45) is 0.487. The Kier molecular flexibility index (Phi) is 3.93. The largest absolute Gasteiger partial charge is 0.479 e. The van der Waals surface area contributed by atoms with Crippen molar-refractivity contribution in [3.8, 4) is 0 Å². The van der Waals surface area contributed by atoms with Crippen molar-refractivity contribution in [2.24, 2.45) is 0 Å². The van der Waals surface area contributed by atoms with Gasteiger partial charge in [0.15, 0.2) is 15.9 Å². The molecule has 18 heavy (non-hydrogen) atoms. The molecule has 1 N–H and O–H groups in total. The normalized spacial score (nSPS) is 36.6. The third-order valence-corrected chi connectivity index (χ3v) is 5.42. The van der Waals surface area contributed by atoms with E-state index in [1.807, 2.05) is 6.92 Å². The van der Waals surface area contributed by atoms with Gasteiger partial charge in [-0.3, -0.25) is 4.90 Å². The average molecular weight is 277 g/mol. The van der Waals surface area contributed by atoms with Crippen LogP contribution in [0.5, 0.6) is 0 Å². The Morgan fingerprint density at radius 1 is 1.44 bits per heavy atom. The number of ether oxygens (including phenoxy) is 1. The number of rotatable bonds is 3. The Bertz CT molecular complexity index is 421. The van der Waals surface area contributed by atoms with E-state index in [0.29, 0.717) is 19.5 Å². The van der Waals surface area contributed by atoms with E-state index < -0.39 is 21.9 Å². The minimum absolute atomic E-state index is 0.0174. The Labute approximate surface area is 107 Å². The quantitative estimate of drug-likeness (QED) is 0.765. The second kappa shape index (κ2) is 5.14. The van der Waals surface area contributed by atoms with E-state index in [1.54, 1.807) is 0 Å². The van der Waals surface area contributed by atoms with Crippen molar-refractivity contribution in [1.82, 2.24) is 4.90 Å². The van der Waals surface area contributed by atoms with Crippen LogP contribution < -0.4 is 0 Å². The molecule has 2 aliphatic heterocycles. The topological polar surface area (TPSA) is 83.9 Å². The van der Waals surface area contributed by atoms with Gasteiger partial charge in [-0.05, 0) is 19.8 Å². The molecule has 0 aliphatic carbocycles. The molecular weight excluding hydrogens is 258 g/mol. The number of carboxylic acids is 1. The van der Waals surface area contributed by atoms with Crippen LogP contribution in [0, 0.1) is 0 Å². The summed E-state index contributed by atoms with van der Waals surface area (Å²) in [4.78, 5) is 12.9. The van der Waals surface area contributed by atoms with Crippen LogP contribution in [0.3, 0.4) is 0 Å². The first-order valence-electron chi connectivity index (χ1n) is 6.20. The number of sulfone groups is 1. The molecule has 0 saturated carbocycles. The number of hydrogen-bond acceptors (Lipinski definition) is 5. The fourth-order valence-corrected chi connectivity index (χ4v) is 4.21. The lowest BCUT2D eigenvalue weighted by atomic mass is 10.1. The summed E-state index contributed by atoms with van der Waals surface area (Å²) in [6.45, 7) is 3.03. The lowest BCUT2D eigenvalue weighted by Crippen LogP contribution is -2.49. The summed E-state index contributed by atoms with van der Waals surface area (Å²) in [7, 11) is -2.90. The van der Waals surface area contributed by atoms with Gasteiger partial charge in [0.2, 0.25) is 0 Å². The molecule has 0 radical (unpaired) electrons. The number of aliphatic carboxylic acids is 1. The SMILES string of the molecule is CC1CS(=O)(=O)CCN1CC1CCC(C(=O)O)O1. The molecule has 3 atom stereocenters. The van der Waals surface area contributed by atoms with E-state index >= 15 is 0 Å². The van der Waals surface area contributed by atoms with Crippen molar-refractivity contribution in [3.63, 3.8) is 0 Å². The number of carboxylic acid groups (broad SMARTS) is 1. The summed E-state index contributed by atoms with van der Waals surface area (Å²) in [5.41, 5.74) is 0. The summed E-state index contributed by atoms with van der Waals surface area (Å²) in [5, 5.41) is 8.84. The van der Waals surface area contributed by atoms with Crippen molar-refractivity contribution in [3.05, 3.63) is 0 Å².